The molecule has 0 radical (unpaired) electrons. The van der Waals surface area contributed by atoms with Crippen LogP contribution in [-0.4, -0.2) is 43.0 Å². The molecular weight excluding hydrogens is 341 g/mol. The van der Waals surface area contributed by atoms with Crippen molar-refractivity contribution in [1.82, 2.24) is 5.16 Å². The van der Waals surface area contributed by atoms with E-state index in [2.05, 4.69) is 5.16 Å². The van der Waals surface area contributed by atoms with Crippen LogP contribution < -0.4 is 15.4 Å². The average molecular weight is 363 g/mol. The maximum absolute atomic E-state index is 13.7. The summed E-state index contributed by atoms with van der Waals surface area (Å²) in [7, 11) is 1.34. The number of benzene rings is 1. The topological polar surface area (TPSA) is 102 Å². The van der Waals surface area contributed by atoms with Gasteiger partial charge in [0.15, 0.2) is 28.7 Å². The highest BCUT2D eigenvalue weighted by molar-refractivity contribution is 5.99. The Morgan fingerprint density at radius 2 is 2.35 bits per heavy atom. The fraction of sp³-hybridized carbons (Fsp3) is 0.444. The van der Waals surface area contributed by atoms with Crippen molar-refractivity contribution >= 4 is 11.8 Å². The van der Waals surface area contributed by atoms with E-state index in [0.717, 1.165) is 19.3 Å². The summed E-state index contributed by atoms with van der Waals surface area (Å²) >= 11 is 0. The van der Waals surface area contributed by atoms with E-state index in [-0.39, 0.29) is 17.1 Å². The highest BCUT2D eigenvalue weighted by Gasteiger charge is 2.30. The number of carbonyl (C=O) groups is 1. The number of rotatable bonds is 6. The number of anilines is 1. The highest BCUT2D eigenvalue weighted by atomic mass is 19.1. The van der Waals surface area contributed by atoms with E-state index < -0.39 is 11.8 Å². The monoisotopic (exact) mass is 363 g/mol. The number of nitrogens with two attached hydrogens (primary N) is 1. The number of hydrogen-bond donors (Lipinski definition) is 2. The molecule has 0 aliphatic carbocycles. The fourth-order valence-electron chi connectivity index (χ4n) is 3.42. The van der Waals surface area contributed by atoms with Gasteiger partial charge in [-0.1, -0.05) is 5.16 Å². The number of carboxylic acid groups (broad SMARTS) is 1. The molecular formula is C18H22FN3O4. The molecule has 7 nitrogen and oxygen atoms in total. The van der Waals surface area contributed by atoms with Crippen LogP contribution in [0.2, 0.25) is 0 Å². The SMILES string of the molecule is COc1cc(-c2onc(N3CCCC(CCN)C3)c2C(=O)O)ccc1F. The Hall–Kier alpha value is -2.61. The van der Waals surface area contributed by atoms with Crippen molar-refractivity contribution in [3.05, 3.63) is 29.6 Å². The van der Waals surface area contributed by atoms with Crippen molar-refractivity contribution < 1.29 is 23.6 Å². The van der Waals surface area contributed by atoms with Crippen molar-refractivity contribution in [1.29, 1.82) is 0 Å². The van der Waals surface area contributed by atoms with E-state index in [1.165, 1.54) is 25.3 Å². The van der Waals surface area contributed by atoms with E-state index in [0.29, 0.717) is 36.9 Å². The van der Waals surface area contributed by atoms with Gasteiger partial charge in [0.05, 0.1) is 7.11 Å². The van der Waals surface area contributed by atoms with Crippen LogP contribution in [0.25, 0.3) is 11.3 Å². The maximum atomic E-state index is 13.7. The van der Waals surface area contributed by atoms with Crippen molar-refractivity contribution in [3.8, 4) is 17.1 Å². The third kappa shape index (κ3) is 3.50. The molecule has 1 aromatic carbocycles. The third-order valence-electron chi connectivity index (χ3n) is 4.69. The minimum absolute atomic E-state index is 0.0118. The van der Waals surface area contributed by atoms with Crippen LogP contribution in [0.1, 0.15) is 29.6 Å². The standard InChI is InChI=1S/C18H22FN3O4/c1-25-14-9-12(4-5-13(14)19)16-15(18(23)24)17(21-26-16)22-8-2-3-11(10-22)6-7-20/h4-5,9,11H,2-3,6-8,10,20H2,1H3,(H,23,24). The number of ether oxygens (including phenoxy) is 1. The number of aromatic carboxylic acids is 1. The number of methoxy groups -OCH3 is 1. The Morgan fingerprint density at radius 1 is 1.54 bits per heavy atom. The molecule has 1 saturated heterocycles. The second-order valence-electron chi connectivity index (χ2n) is 6.40. The van der Waals surface area contributed by atoms with Crippen molar-refractivity contribution in [2.24, 2.45) is 11.7 Å². The predicted octanol–water partition coefficient (Wildman–Crippen LogP) is 2.75. The van der Waals surface area contributed by atoms with Crippen LogP contribution in [0.5, 0.6) is 5.75 Å². The van der Waals surface area contributed by atoms with Crippen LogP contribution in [0, 0.1) is 11.7 Å². The molecule has 1 atom stereocenters. The first kappa shape index (κ1) is 18.2. The van der Waals surface area contributed by atoms with E-state index in [4.69, 9.17) is 15.0 Å². The zero-order valence-corrected chi connectivity index (χ0v) is 14.6. The molecule has 26 heavy (non-hydrogen) atoms. The number of halogens is 1. The molecule has 140 valence electrons. The van der Waals surface area contributed by atoms with Gasteiger partial charge in [-0.2, -0.15) is 0 Å². The summed E-state index contributed by atoms with van der Waals surface area (Å²) in [5.41, 5.74) is 6.03. The number of nitrogens with zero attached hydrogens (tertiary/aromatic N) is 2. The summed E-state index contributed by atoms with van der Waals surface area (Å²) in [5, 5.41) is 13.7. The lowest BCUT2D eigenvalue weighted by Crippen LogP contribution is -2.37. The first-order valence-corrected chi connectivity index (χ1v) is 8.57. The van der Waals surface area contributed by atoms with Gasteiger partial charge in [0.25, 0.3) is 0 Å². The van der Waals surface area contributed by atoms with Crippen molar-refractivity contribution in [3.63, 3.8) is 0 Å². The lowest BCUT2D eigenvalue weighted by Gasteiger charge is -2.32. The van der Waals surface area contributed by atoms with Gasteiger partial charge in [-0.3, -0.25) is 0 Å². The summed E-state index contributed by atoms with van der Waals surface area (Å²) in [5.74, 6) is -0.863. The van der Waals surface area contributed by atoms with E-state index >= 15 is 0 Å². The summed E-state index contributed by atoms with van der Waals surface area (Å²) in [6.07, 6.45) is 2.89. The Kier molecular flexibility index (Phi) is 5.41. The molecule has 0 saturated carbocycles. The molecule has 1 aromatic heterocycles. The van der Waals surface area contributed by atoms with Gasteiger partial charge in [0, 0.05) is 18.7 Å². The second-order valence-corrected chi connectivity index (χ2v) is 6.40. The molecule has 1 aliphatic heterocycles. The summed E-state index contributed by atoms with van der Waals surface area (Å²) in [4.78, 5) is 13.8. The van der Waals surface area contributed by atoms with E-state index in [1.807, 2.05) is 4.90 Å². The van der Waals surface area contributed by atoms with Crippen molar-refractivity contribution in [2.45, 2.75) is 19.3 Å². The molecule has 0 amide bonds. The zero-order chi connectivity index (χ0) is 18.7. The molecule has 2 aromatic rings. The molecule has 0 bridgehead atoms. The minimum atomic E-state index is -1.14. The van der Waals surface area contributed by atoms with Gasteiger partial charge in [-0.05, 0) is 49.9 Å². The van der Waals surface area contributed by atoms with Crippen LogP contribution in [0.3, 0.4) is 0 Å². The molecule has 2 heterocycles. The van der Waals surface area contributed by atoms with Gasteiger partial charge in [-0.15, -0.1) is 0 Å². The van der Waals surface area contributed by atoms with E-state index in [9.17, 15) is 14.3 Å². The summed E-state index contributed by atoms with van der Waals surface area (Å²) in [6, 6.07) is 4.06. The number of aromatic nitrogens is 1. The minimum Gasteiger partial charge on any atom is -0.494 e. The maximum Gasteiger partial charge on any atom is 0.343 e. The predicted molar refractivity (Wildman–Crippen MR) is 94.0 cm³/mol. The van der Waals surface area contributed by atoms with Crippen molar-refractivity contribution in [2.75, 3.05) is 31.6 Å². The largest absolute Gasteiger partial charge is 0.494 e. The molecule has 8 heteroatoms. The smallest absolute Gasteiger partial charge is 0.343 e. The number of piperidine rings is 1. The Balaban J connectivity index is 1.98. The van der Waals surface area contributed by atoms with Gasteiger partial charge in [-0.25, -0.2) is 9.18 Å². The normalized spacial score (nSPS) is 17.3. The summed E-state index contributed by atoms with van der Waals surface area (Å²) in [6.45, 7) is 2.00. The molecule has 3 rings (SSSR count). The fourth-order valence-corrected chi connectivity index (χ4v) is 3.42. The summed E-state index contributed by atoms with van der Waals surface area (Å²) < 4.78 is 24.0. The van der Waals surface area contributed by atoms with Gasteiger partial charge >= 0.3 is 5.97 Å². The Bertz CT molecular complexity index is 791. The first-order chi connectivity index (χ1) is 12.5. The highest BCUT2D eigenvalue weighted by Crippen LogP contribution is 2.35. The average Bonchev–Trinajstić information content (AvgIpc) is 3.08. The van der Waals surface area contributed by atoms with E-state index in [1.54, 1.807) is 0 Å². The first-order valence-electron chi connectivity index (χ1n) is 8.57. The zero-order valence-electron chi connectivity index (χ0n) is 14.6. The number of carboxylic acids is 1. The van der Waals surface area contributed by atoms with Gasteiger partial charge in [0.1, 0.15) is 0 Å². The van der Waals surface area contributed by atoms with Crippen LogP contribution >= 0.6 is 0 Å². The van der Waals surface area contributed by atoms with Crippen LogP contribution in [-0.2, 0) is 0 Å². The van der Waals surface area contributed by atoms with Crippen LogP contribution in [0.15, 0.2) is 22.7 Å². The molecule has 3 N–H and O–H groups in total. The molecule has 1 aliphatic rings. The lowest BCUT2D eigenvalue weighted by molar-refractivity contribution is 0.0697. The molecule has 1 fully saturated rings. The molecule has 1 unspecified atom stereocenters. The quantitative estimate of drug-likeness (QED) is 0.813. The van der Waals surface area contributed by atoms with Gasteiger partial charge in [0.2, 0.25) is 0 Å². The Labute approximate surface area is 150 Å². The second kappa shape index (κ2) is 7.74. The molecule has 0 spiro atoms. The lowest BCUT2D eigenvalue weighted by atomic mass is 9.94. The van der Waals surface area contributed by atoms with Gasteiger partial charge < -0.3 is 25.0 Å². The number of hydrogen-bond acceptors (Lipinski definition) is 6. The Morgan fingerprint density at radius 3 is 3.04 bits per heavy atom. The third-order valence-corrected chi connectivity index (χ3v) is 4.69. The van der Waals surface area contributed by atoms with Crippen LogP contribution in [0.4, 0.5) is 10.2 Å².